The zero-order chi connectivity index (χ0) is 28.4. The third-order valence-corrected chi connectivity index (χ3v) is 6.94. The van der Waals surface area contributed by atoms with Crippen molar-refractivity contribution in [2.75, 3.05) is 18.4 Å². The lowest BCUT2D eigenvalue weighted by molar-refractivity contribution is -0.124. The number of anilines is 1. The van der Waals surface area contributed by atoms with Crippen LogP contribution in [0.25, 0.3) is 0 Å². The van der Waals surface area contributed by atoms with Gasteiger partial charge in [-0.2, -0.15) is 0 Å². The first-order valence-corrected chi connectivity index (χ1v) is 13.8. The van der Waals surface area contributed by atoms with Crippen LogP contribution in [0, 0.1) is 0 Å². The number of ether oxygens (including phenoxy) is 1. The molecule has 0 aliphatic rings. The lowest BCUT2D eigenvalue weighted by Crippen LogP contribution is -2.50. The monoisotopic (exact) mass is 568 g/mol. The van der Waals surface area contributed by atoms with Crippen molar-refractivity contribution in [3.63, 3.8) is 0 Å². The quantitative estimate of drug-likeness (QED) is 0.214. The molecule has 0 aliphatic carbocycles. The molecule has 1 atom stereocenters. The summed E-state index contributed by atoms with van der Waals surface area (Å²) >= 11 is 10.4. The molecular formula is C30H37ClN4O3S. The highest BCUT2D eigenvalue weighted by molar-refractivity contribution is 7.78. The molecule has 0 spiro atoms. The number of carbonyl (C=O) groups excluding carboxylic acids is 2. The smallest absolute Gasteiger partial charge is 0.332 e. The largest absolute Gasteiger partial charge is 0.457 e. The van der Waals surface area contributed by atoms with Crippen LogP contribution in [0.4, 0.5) is 10.5 Å². The van der Waals surface area contributed by atoms with E-state index < -0.39 is 12.1 Å². The number of hydrogen-bond acceptors (Lipinski definition) is 5. The molecule has 3 amide bonds. The minimum absolute atomic E-state index is 0.261. The number of hydrogen-bond donors (Lipinski definition) is 3. The van der Waals surface area contributed by atoms with Crippen LogP contribution in [0.3, 0.4) is 0 Å². The second kappa shape index (κ2) is 14.8. The maximum atomic E-state index is 13.3. The summed E-state index contributed by atoms with van der Waals surface area (Å²) in [6.45, 7) is 9.72. The molecule has 7 nitrogen and oxygen atoms in total. The molecule has 0 aromatic heterocycles. The van der Waals surface area contributed by atoms with Gasteiger partial charge in [0.2, 0.25) is 5.91 Å². The van der Waals surface area contributed by atoms with E-state index in [1.165, 1.54) is 0 Å². The SMILES string of the molecule is CC(C)N(CCNC(=O)[C@H](Cc1ccccc1)N(S)C(=O)Nc1ccc(Oc2ccc(Cl)cc2)cc1)C(C)C. The van der Waals surface area contributed by atoms with Gasteiger partial charge in [0.15, 0.2) is 0 Å². The van der Waals surface area contributed by atoms with E-state index in [1.807, 2.05) is 30.3 Å². The van der Waals surface area contributed by atoms with Crippen molar-refractivity contribution >= 4 is 42.0 Å². The van der Waals surface area contributed by atoms with Crippen molar-refractivity contribution in [2.24, 2.45) is 0 Å². The van der Waals surface area contributed by atoms with Gasteiger partial charge in [-0.1, -0.05) is 54.7 Å². The molecule has 0 aliphatic heterocycles. The molecule has 39 heavy (non-hydrogen) atoms. The third-order valence-electron chi connectivity index (χ3n) is 6.23. The molecule has 2 N–H and O–H groups in total. The summed E-state index contributed by atoms with van der Waals surface area (Å²) in [4.78, 5) is 28.7. The summed E-state index contributed by atoms with van der Waals surface area (Å²) in [7, 11) is 0. The molecule has 0 unspecified atom stereocenters. The highest BCUT2D eigenvalue weighted by Gasteiger charge is 2.28. The summed E-state index contributed by atoms with van der Waals surface area (Å²) in [6, 6.07) is 23.0. The Morgan fingerprint density at radius 2 is 1.44 bits per heavy atom. The van der Waals surface area contributed by atoms with Crippen LogP contribution in [-0.4, -0.2) is 52.4 Å². The standard InChI is InChI=1S/C30H37ClN4O3S/c1-21(2)34(22(3)4)19-18-32-29(36)28(20-23-8-6-5-7-9-23)35(39)30(37)33-25-12-16-27(17-13-25)38-26-14-10-24(31)11-15-26/h5-17,21-22,28,39H,18-20H2,1-4H3,(H,32,36)(H,33,37)/t28-/m0/s1. The number of carbonyl (C=O) groups is 2. The third kappa shape index (κ3) is 9.49. The topological polar surface area (TPSA) is 73.9 Å². The van der Waals surface area contributed by atoms with E-state index in [2.05, 4.69) is 56.0 Å². The van der Waals surface area contributed by atoms with Gasteiger partial charge >= 0.3 is 6.03 Å². The second-order valence-corrected chi connectivity index (χ2v) is 10.6. The molecule has 3 aromatic rings. The molecule has 0 saturated carbocycles. The summed E-state index contributed by atoms with van der Waals surface area (Å²) < 4.78 is 6.96. The lowest BCUT2D eigenvalue weighted by atomic mass is 10.1. The Morgan fingerprint density at radius 3 is 2.00 bits per heavy atom. The van der Waals surface area contributed by atoms with Gasteiger partial charge < -0.3 is 15.4 Å². The Hall–Kier alpha value is -3.20. The Balaban J connectivity index is 1.65. The zero-order valence-electron chi connectivity index (χ0n) is 22.8. The molecule has 0 radical (unpaired) electrons. The van der Waals surface area contributed by atoms with E-state index in [4.69, 9.17) is 16.3 Å². The summed E-state index contributed by atoms with van der Waals surface area (Å²) in [5.74, 6) is 0.997. The van der Waals surface area contributed by atoms with Gasteiger partial charge in [0, 0.05) is 42.3 Å². The molecule has 3 rings (SSSR count). The van der Waals surface area contributed by atoms with Crippen molar-refractivity contribution in [1.82, 2.24) is 14.5 Å². The molecule has 0 heterocycles. The molecule has 3 aromatic carbocycles. The predicted octanol–water partition coefficient (Wildman–Crippen LogP) is 6.66. The van der Waals surface area contributed by atoms with E-state index in [1.54, 1.807) is 48.5 Å². The number of thiol groups is 1. The average Bonchev–Trinajstić information content (AvgIpc) is 2.91. The molecular weight excluding hydrogens is 532 g/mol. The van der Waals surface area contributed by atoms with Crippen molar-refractivity contribution in [3.05, 3.63) is 89.4 Å². The Kier molecular flexibility index (Phi) is 11.5. The number of halogens is 1. The van der Waals surface area contributed by atoms with Crippen molar-refractivity contribution in [1.29, 1.82) is 0 Å². The van der Waals surface area contributed by atoms with Gasteiger partial charge in [0.25, 0.3) is 0 Å². The van der Waals surface area contributed by atoms with E-state index in [-0.39, 0.29) is 5.91 Å². The van der Waals surface area contributed by atoms with Crippen LogP contribution in [0.1, 0.15) is 33.3 Å². The number of amides is 3. The van der Waals surface area contributed by atoms with E-state index in [0.29, 0.717) is 53.8 Å². The van der Waals surface area contributed by atoms with Crippen LogP contribution in [0.2, 0.25) is 5.02 Å². The Morgan fingerprint density at radius 1 is 0.872 bits per heavy atom. The van der Waals surface area contributed by atoms with Crippen LogP contribution in [0.15, 0.2) is 78.9 Å². The first-order valence-electron chi connectivity index (χ1n) is 13.0. The van der Waals surface area contributed by atoms with Gasteiger partial charge in [0.05, 0.1) is 0 Å². The van der Waals surface area contributed by atoms with Crippen molar-refractivity contribution < 1.29 is 14.3 Å². The van der Waals surface area contributed by atoms with Gasteiger partial charge in [-0.3, -0.25) is 14.0 Å². The van der Waals surface area contributed by atoms with Crippen LogP contribution in [-0.2, 0) is 11.2 Å². The van der Waals surface area contributed by atoms with E-state index >= 15 is 0 Å². The zero-order valence-corrected chi connectivity index (χ0v) is 24.5. The molecule has 208 valence electrons. The molecule has 0 fully saturated rings. The Labute approximate surface area is 242 Å². The lowest BCUT2D eigenvalue weighted by Gasteiger charge is -2.31. The fraction of sp³-hybridized carbons (Fsp3) is 0.333. The summed E-state index contributed by atoms with van der Waals surface area (Å²) in [6.07, 6.45) is 0.329. The van der Waals surface area contributed by atoms with Crippen molar-refractivity contribution in [2.45, 2.75) is 52.2 Å². The average molecular weight is 569 g/mol. The van der Waals surface area contributed by atoms with Crippen LogP contribution < -0.4 is 15.4 Å². The summed E-state index contributed by atoms with van der Waals surface area (Å²) in [5.41, 5.74) is 1.48. The number of benzene rings is 3. The van der Waals surface area contributed by atoms with Crippen LogP contribution >= 0.6 is 24.4 Å². The minimum atomic E-state index is -0.810. The Bertz CT molecular complexity index is 1180. The number of urea groups is 1. The van der Waals surface area contributed by atoms with Gasteiger partial charge in [0.1, 0.15) is 17.5 Å². The molecule has 0 saturated heterocycles. The minimum Gasteiger partial charge on any atom is -0.457 e. The highest BCUT2D eigenvalue weighted by atomic mass is 35.5. The maximum Gasteiger partial charge on any atom is 0.332 e. The van der Waals surface area contributed by atoms with Gasteiger partial charge in [-0.05, 0) is 81.8 Å². The fourth-order valence-electron chi connectivity index (χ4n) is 4.23. The summed E-state index contributed by atoms with van der Waals surface area (Å²) in [5, 5.41) is 6.44. The first-order chi connectivity index (χ1) is 18.6. The number of nitrogens with zero attached hydrogens (tertiary/aromatic N) is 2. The van der Waals surface area contributed by atoms with Crippen molar-refractivity contribution in [3.8, 4) is 11.5 Å². The number of rotatable bonds is 12. The van der Waals surface area contributed by atoms with E-state index in [0.717, 1.165) is 9.87 Å². The number of nitrogens with one attached hydrogen (secondary N) is 2. The first kappa shape index (κ1) is 30.3. The normalized spacial score (nSPS) is 11.9. The highest BCUT2D eigenvalue weighted by Crippen LogP contribution is 2.25. The van der Waals surface area contributed by atoms with Crippen LogP contribution in [0.5, 0.6) is 11.5 Å². The predicted molar refractivity (Wildman–Crippen MR) is 162 cm³/mol. The van der Waals surface area contributed by atoms with Gasteiger partial charge in [-0.15, -0.1) is 0 Å². The second-order valence-electron chi connectivity index (χ2n) is 9.78. The fourth-order valence-corrected chi connectivity index (χ4v) is 4.60. The molecule has 0 bridgehead atoms. The van der Waals surface area contributed by atoms with E-state index in [9.17, 15) is 9.59 Å². The van der Waals surface area contributed by atoms with Gasteiger partial charge in [-0.25, -0.2) is 4.79 Å². The maximum absolute atomic E-state index is 13.3. The molecule has 9 heteroatoms.